The molecule has 102 valence electrons. The van der Waals surface area contributed by atoms with Crippen LogP contribution in [0.15, 0.2) is 0 Å². The van der Waals surface area contributed by atoms with E-state index in [1.54, 1.807) is 0 Å². The zero-order valence-electron chi connectivity index (χ0n) is 12.5. The second-order valence-electron chi connectivity index (χ2n) is 4.99. The molecule has 0 radical (unpaired) electrons. The third-order valence-corrected chi connectivity index (χ3v) is 5.63. The van der Waals surface area contributed by atoms with Crippen LogP contribution in [-0.2, 0) is 7.58 Å². The average Bonchev–Trinajstić information content (AvgIpc) is 2.33. The van der Waals surface area contributed by atoms with E-state index in [9.17, 15) is 0 Å². The lowest BCUT2D eigenvalue weighted by molar-refractivity contribution is 0.110. The van der Waals surface area contributed by atoms with Gasteiger partial charge >= 0.3 is 14.8 Å². The summed E-state index contributed by atoms with van der Waals surface area (Å²) in [6, 6.07) is 0. The summed E-state index contributed by atoms with van der Waals surface area (Å²) < 4.78 is 12.1. The average molecular weight is 258 g/mol. The number of hydrogen-bond acceptors (Lipinski definition) is 2. The molecule has 0 aliphatic rings. The molecule has 0 bridgehead atoms. The Balaban J connectivity index is 3.92. The lowest BCUT2D eigenvalue weighted by Crippen LogP contribution is -2.30. The Labute approximate surface area is 113 Å². The van der Waals surface area contributed by atoms with E-state index >= 15 is 0 Å². The Bertz CT molecular complexity index is 152. The molecule has 0 rings (SSSR count). The van der Waals surface area contributed by atoms with Crippen molar-refractivity contribution in [1.29, 1.82) is 0 Å². The van der Waals surface area contributed by atoms with Crippen LogP contribution in [0.3, 0.4) is 0 Å². The summed E-state index contributed by atoms with van der Waals surface area (Å²) in [6.07, 6.45) is 8.14. The first-order chi connectivity index (χ1) is 8.13. The summed E-state index contributed by atoms with van der Waals surface area (Å²) in [5, 5.41) is 1.18. The maximum Gasteiger partial charge on any atom is 0.674 e. The maximum absolute atomic E-state index is 6.07. The van der Waals surface area contributed by atoms with Gasteiger partial charge < -0.3 is 7.58 Å². The number of unbranched alkanes of at least 4 members (excludes halogenated alkanes) is 3. The standard InChI is InChI=1S/C6H13.2C4H9O.Al/c1-3-5-6-4-2;2*1-3-4(2)5;/h1,3-6H2,2H3;2*4H,3H2,1-2H3;/q;2*-1;+2. The van der Waals surface area contributed by atoms with Crippen LogP contribution in [0.5, 0.6) is 0 Å². The number of hydrogen-bond donors (Lipinski definition) is 0. The van der Waals surface area contributed by atoms with Gasteiger partial charge in [0.15, 0.2) is 0 Å². The van der Waals surface area contributed by atoms with Crippen LogP contribution in [0.4, 0.5) is 0 Å². The topological polar surface area (TPSA) is 18.5 Å². The Hall–Kier alpha value is 0.452. The highest BCUT2D eigenvalue weighted by atomic mass is 27.2. The maximum atomic E-state index is 6.07. The monoisotopic (exact) mass is 258 g/mol. The molecule has 2 nitrogen and oxygen atoms in total. The SMILES string of the molecule is CCCCC[CH2][Al]([O]C(C)CC)[O]C(C)CC. The predicted molar refractivity (Wildman–Crippen MR) is 76.4 cm³/mol. The van der Waals surface area contributed by atoms with E-state index in [4.69, 9.17) is 7.58 Å². The molecule has 0 saturated heterocycles. The van der Waals surface area contributed by atoms with E-state index in [1.165, 1.54) is 31.0 Å². The molecule has 3 heteroatoms. The van der Waals surface area contributed by atoms with E-state index in [2.05, 4.69) is 34.6 Å². The Morgan fingerprint density at radius 1 is 0.824 bits per heavy atom. The van der Waals surface area contributed by atoms with E-state index < -0.39 is 14.8 Å². The second-order valence-corrected chi connectivity index (χ2v) is 6.97. The minimum Gasteiger partial charge on any atom is -0.476 e. The lowest BCUT2D eigenvalue weighted by Gasteiger charge is -2.21. The summed E-state index contributed by atoms with van der Waals surface area (Å²) in [5.41, 5.74) is 0. The van der Waals surface area contributed by atoms with Crippen molar-refractivity contribution in [2.75, 3.05) is 0 Å². The van der Waals surface area contributed by atoms with Gasteiger partial charge in [0.05, 0.1) is 0 Å². The van der Waals surface area contributed by atoms with Crippen LogP contribution >= 0.6 is 0 Å². The first-order valence-corrected chi connectivity index (χ1v) is 9.20. The summed E-state index contributed by atoms with van der Waals surface area (Å²) in [7, 11) is 0. The van der Waals surface area contributed by atoms with E-state index in [1.807, 2.05) is 0 Å². The first-order valence-electron chi connectivity index (χ1n) is 7.44. The van der Waals surface area contributed by atoms with Crippen molar-refractivity contribution in [3.8, 4) is 0 Å². The van der Waals surface area contributed by atoms with Crippen LogP contribution < -0.4 is 0 Å². The Morgan fingerprint density at radius 3 is 1.76 bits per heavy atom. The molecule has 0 N–H and O–H groups in total. The summed E-state index contributed by atoms with van der Waals surface area (Å²) >= 11 is -1.43. The molecule has 0 aromatic carbocycles. The Kier molecular flexibility index (Phi) is 11.8. The van der Waals surface area contributed by atoms with Crippen LogP contribution in [0.25, 0.3) is 0 Å². The molecule has 0 spiro atoms. The van der Waals surface area contributed by atoms with Gasteiger partial charge in [0, 0.05) is 12.2 Å². The van der Waals surface area contributed by atoms with Crippen molar-refractivity contribution in [2.45, 2.75) is 90.6 Å². The molecule has 0 aromatic heterocycles. The quantitative estimate of drug-likeness (QED) is 0.395. The van der Waals surface area contributed by atoms with Gasteiger partial charge in [-0.05, 0) is 32.0 Å². The minimum atomic E-state index is -1.43. The van der Waals surface area contributed by atoms with Crippen molar-refractivity contribution in [3.63, 3.8) is 0 Å². The van der Waals surface area contributed by atoms with Gasteiger partial charge in [-0.2, -0.15) is 0 Å². The highest BCUT2D eigenvalue weighted by Gasteiger charge is 2.28. The summed E-state index contributed by atoms with van der Waals surface area (Å²) in [4.78, 5) is 0. The van der Waals surface area contributed by atoms with Gasteiger partial charge in [0.25, 0.3) is 0 Å². The van der Waals surface area contributed by atoms with Gasteiger partial charge in [-0.3, -0.25) is 0 Å². The minimum absolute atomic E-state index is 0.363. The molecule has 2 unspecified atom stereocenters. The largest absolute Gasteiger partial charge is 0.674 e. The molecule has 0 amide bonds. The molecule has 0 heterocycles. The van der Waals surface area contributed by atoms with Crippen LogP contribution in [-0.4, -0.2) is 27.0 Å². The second kappa shape index (κ2) is 11.5. The lowest BCUT2D eigenvalue weighted by atomic mass is 10.2. The van der Waals surface area contributed by atoms with Crippen LogP contribution in [0, 0.1) is 0 Å². The fourth-order valence-electron chi connectivity index (χ4n) is 1.62. The van der Waals surface area contributed by atoms with Gasteiger partial charge in [0.1, 0.15) is 0 Å². The van der Waals surface area contributed by atoms with E-state index in [0.29, 0.717) is 12.2 Å². The van der Waals surface area contributed by atoms with Crippen molar-refractivity contribution in [3.05, 3.63) is 0 Å². The van der Waals surface area contributed by atoms with Crippen molar-refractivity contribution < 1.29 is 7.58 Å². The van der Waals surface area contributed by atoms with Gasteiger partial charge in [-0.25, -0.2) is 0 Å². The number of rotatable bonds is 11. The van der Waals surface area contributed by atoms with Gasteiger partial charge in [-0.15, -0.1) is 0 Å². The van der Waals surface area contributed by atoms with Gasteiger partial charge in [-0.1, -0.05) is 46.5 Å². The fraction of sp³-hybridized carbons (Fsp3) is 1.00. The zero-order chi connectivity index (χ0) is 13.1. The van der Waals surface area contributed by atoms with Crippen molar-refractivity contribution in [1.82, 2.24) is 0 Å². The molecule has 0 fully saturated rings. The summed E-state index contributed by atoms with van der Waals surface area (Å²) in [5.74, 6) is 0. The van der Waals surface area contributed by atoms with Crippen LogP contribution in [0.1, 0.15) is 73.1 Å². The smallest absolute Gasteiger partial charge is 0.476 e. The summed E-state index contributed by atoms with van der Waals surface area (Å²) in [6.45, 7) is 10.9. The molecule has 2 atom stereocenters. The molecule has 17 heavy (non-hydrogen) atoms. The third kappa shape index (κ3) is 10.1. The van der Waals surface area contributed by atoms with Crippen LogP contribution in [0.2, 0.25) is 5.28 Å². The highest BCUT2D eigenvalue weighted by Crippen LogP contribution is 2.13. The predicted octanol–water partition coefficient (Wildman–Crippen LogP) is 4.69. The molecular weight excluding hydrogens is 227 g/mol. The normalized spacial score (nSPS) is 14.6. The van der Waals surface area contributed by atoms with Gasteiger partial charge in [0.2, 0.25) is 0 Å². The zero-order valence-corrected chi connectivity index (χ0v) is 13.7. The van der Waals surface area contributed by atoms with E-state index in [-0.39, 0.29) is 0 Å². The molecule has 0 aromatic rings. The highest BCUT2D eigenvalue weighted by molar-refractivity contribution is 6.44. The fourth-order valence-corrected chi connectivity index (χ4v) is 4.00. The van der Waals surface area contributed by atoms with Crippen molar-refractivity contribution >= 4 is 14.8 Å². The Morgan fingerprint density at radius 2 is 1.35 bits per heavy atom. The molecule has 0 aliphatic heterocycles. The van der Waals surface area contributed by atoms with E-state index in [0.717, 1.165) is 12.8 Å². The molecule has 0 aliphatic carbocycles. The molecule has 0 saturated carbocycles. The first kappa shape index (κ1) is 17.5. The van der Waals surface area contributed by atoms with Crippen molar-refractivity contribution in [2.24, 2.45) is 0 Å². The molecular formula is C14H31AlO2. The third-order valence-electron chi connectivity index (χ3n) is 3.21.